The van der Waals surface area contributed by atoms with Gasteiger partial charge in [0.25, 0.3) is 0 Å². The van der Waals surface area contributed by atoms with Crippen molar-refractivity contribution in [2.75, 3.05) is 6.79 Å². The van der Waals surface area contributed by atoms with Crippen LogP contribution in [0.4, 0.5) is 0 Å². The molecule has 3 aromatic heterocycles. The Kier molecular flexibility index (Phi) is 6.47. The molecule has 0 atom stereocenters. The highest BCUT2D eigenvalue weighted by Crippen LogP contribution is 2.35. The highest BCUT2D eigenvalue weighted by molar-refractivity contribution is 5.94. The third-order valence-corrected chi connectivity index (χ3v) is 5.78. The van der Waals surface area contributed by atoms with Gasteiger partial charge in [-0.1, -0.05) is 0 Å². The SMILES string of the molecule is CCn1cc(C(=O)O)c(=O)c2cc3c(cc21)OCO3.CCn1cc(C(=O)O)c(=O)c2ccc(C)nc21. The number of carbonyl (C=O) groups is 2. The number of aromatic carboxylic acids is 2. The van der Waals surface area contributed by atoms with E-state index in [1.165, 1.54) is 12.4 Å². The van der Waals surface area contributed by atoms with Crippen molar-refractivity contribution in [1.29, 1.82) is 0 Å². The molecule has 11 nitrogen and oxygen atoms in total. The zero-order valence-electron chi connectivity index (χ0n) is 19.8. The lowest BCUT2D eigenvalue weighted by Gasteiger charge is -2.10. The van der Waals surface area contributed by atoms with Crippen molar-refractivity contribution in [3.63, 3.8) is 0 Å². The second kappa shape index (κ2) is 9.53. The van der Waals surface area contributed by atoms with Crippen molar-refractivity contribution in [1.82, 2.24) is 14.1 Å². The van der Waals surface area contributed by atoms with Gasteiger partial charge in [-0.2, -0.15) is 0 Å². The molecule has 0 saturated heterocycles. The lowest BCUT2D eigenvalue weighted by Crippen LogP contribution is -2.19. The molecule has 11 heteroatoms. The number of rotatable bonds is 4. The van der Waals surface area contributed by atoms with Gasteiger partial charge in [-0.15, -0.1) is 0 Å². The van der Waals surface area contributed by atoms with Crippen molar-refractivity contribution in [3.8, 4) is 11.5 Å². The maximum Gasteiger partial charge on any atom is 0.341 e. The van der Waals surface area contributed by atoms with Crippen LogP contribution in [-0.4, -0.2) is 43.1 Å². The number of aromatic nitrogens is 3. The van der Waals surface area contributed by atoms with Gasteiger partial charge < -0.3 is 28.8 Å². The Bertz CT molecular complexity index is 1650. The number of carboxylic acid groups (broad SMARTS) is 2. The highest BCUT2D eigenvalue weighted by Gasteiger charge is 2.20. The maximum atomic E-state index is 12.1. The van der Waals surface area contributed by atoms with Gasteiger partial charge >= 0.3 is 11.9 Å². The second-order valence-corrected chi connectivity index (χ2v) is 7.97. The molecule has 4 aromatic rings. The van der Waals surface area contributed by atoms with E-state index in [2.05, 4.69) is 4.98 Å². The number of hydrogen-bond acceptors (Lipinski definition) is 7. The number of pyridine rings is 3. The van der Waals surface area contributed by atoms with Crippen molar-refractivity contribution < 1.29 is 29.3 Å². The van der Waals surface area contributed by atoms with Crippen LogP contribution in [0.25, 0.3) is 21.9 Å². The van der Waals surface area contributed by atoms with E-state index >= 15 is 0 Å². The summed E-state index contributed by atoms with van der Waals surface area (Å²) in [7, 11) is 0. The second-order valence-electron chi connectivity index (χ2n) is 7.97. The summed E-state index contributed by atoms with van der Waals surface area (Å²) in [6, 6.07) is 6.57. The maximum absolute atomic E-state index is 12.1. The number of carboxylic acids is 2. The Morgan fingerprint density at radius 1 is 0.889 bits per heavy atom. The molecule has 4 heterocycles. The minimum absolute atomic E-state index is 0.109. The first-order valence-electron chi connectivity index (χ1n) is 11.1. The van der Waals surface area contributed by atoms with Crippen LogP contribution in [0.1, 0.15) is 40.3 Å². The molecule has 0 bridgehead atoms. The molecular formula is C25H23N3O8. The Labute approximate surface area is 203 Å². The zero-order valence-corrected chi connectivity index (χ0v) is 19.8. The van der Waals surface area contributed by atoms with Crippen molar-refractivity contribution in [2.24, 2.45) is 0 Å². The molecule has 0 radical (unpaired) electrons. The van der Waals surface area contributed by atoms with E-state index in [9.17, 15) is 19.2 Å². The fraction of sp³-hybridized carbons (Fsp3) is 0.240. The fourth-order valence-electron chi connectivity index (χ4n) is 3.95. The predicted octanol–water partition coefficient (Wildman–Crippen LogP) is 2.87. The minimum Gasteiger partial charge on any atom is -0.477 e. The van der Waals surface area contributed by atoms with Crippen molar-refractivity contribution in [2.45, 2.75) is 33.9 Å². The molecule has 186 valence electrons. The molecule has 36 heavy (non-hydrogen) atoms. The molecule has 0 fully saturated rings. The van der Waals surface area contributed by atoms with E-state index in [4.69, 9.17) is 19.7 Å². The minimum atomic E-state index is -1.23. The van der Waals surface area contributed by atoms with Crippen molar-refractivity contribution >= 4 is 33.9 Å². The Balaban J connectivity index is 0.000000170. The van der Waals surface area contributed by atoms with Crippen LogP contribution >= 0.6 is 0 Å². The molecule has 0 spiro atoms. The van der Waals surface area contributed by atoms with E-state index in [1.54, 1.807) is 33.4 Å². The van der Waals surface area contributed by atoms with Crippen LogP contribution in [-0.2, 0) is 13.1 Å². The molecule has 5 rings (SSSR count). The van der Waals surface area contributed by atoms with Crippen molar-refractivity contribution in [3.05, 3.63) is 73.9 Å². The van der Waals surface area contributed by atoms with Crippen LogP contribution in [0.2, 0.25) is 0 Å². The molecule has 0 amide bonds. The van der Waals surface area contributed by atoms with Crippen LogP contribution in [0.15, 0.2) is 46.2 Å². The summed E-state index contributed by atoms with van der Waals surface area (Å²) in [5.41, 5.74) is 0.514. The lowest BCUT2D eigenvalue weighted by atomic mass is 10.1. The number of aryl methyl sites for hydroxylation is 3. The third kappa shape index (κ3) is 4.26. The number of benzene rings is 1. The van der Waals surface area contributed by atoms with Gasteiger partial charge in [0.05, 0.1) is 16.3 Å². The van der Waals surface area contributed by atoms with Crippen LogP contribution in [0.5, 0.6) is 11.5 Å². The average molecular weight is 493 g/mol. The first-order chi connectivity index (χ1) is 17.2. The molecule has 0 unspecified atom stereocenters. The third-order valence-electron chi connectivity index (χ3n) is 5.78. The quantitative estimate of drug-likeness (QED) is 0.437. The topological polar surface area (TPSA) is 150 Å². The summed E-state index contributed by atoms with van der Waals surface area (Å²) in [5, 5.41) is 18.7. The molecular weight excluding hydrogens is 470 g/mol. The van der Waals surface area contributed by atoms with E-state index < -0.39 is 22.8 Å². The van der Waals surface area contributed by atoms with Crippen LogP contribution < -0.4 is 20.3 Å². The van der Waals surface area contributed by atoms with E-state index in [0.717, 1.165) is 5.69 Å². The van der Waals surface area contributed by atoms with Crippen LogP contribution in [0.3, 0.4) is 0 Å². The average Bonchev–Trinajstić information content (AvgIpc) is 3.31. The Morgan fingerprint density at radius 3 is 2.03 bits per heavy atom. The predicted molar refractivity (Wildman–Crippen MR) is 130 cm³/mol. The number of hydrogen-bond donors (Lipinski definition) is 2. The molecule has 1 aliphatic heterocycles. The van der Waals surface area contributed by atoms with E-state index in [0.29, 0.717) is 46.5 Å². The van der Waals surface area contributed by atoms with Gasteiger partial charge in [0.2, 0.25) is 17.7 Å². The summed E-state index contributed by atoms with van der Waals surface area (Å²) in [5.74, 6) is -1.40. The fourth-order valence-corrected chi connectivity index (χ4v) is 3.95. The Hall–Kier alpha value is -4.67. The zero-order chi connectivity index (χ0) is 26.1. The van der Waals surface area contributed by atoms with Gasteiger partial charge in [-0.05, 0) is 39.0 Å². The number of nitrogens with zero attached hydrogens (tertiary/aromatic N) is 3. The van der Waals surface area contributed by atoms with Gasteiger partial charge in [0, 0.05) is 37.2 Å². The summed E-state index contributed by atoms with van der Waals surface area (Å²) < 4.78 is 13.9. The number of ether oxygens (including phenoxy) is 2. The summed E-state index contributed by atoms with van der Waals surface area (Å²) in [4.78, 5) is 50.4. The first-order valence-corrected chi connectivity index (χ1v) is 11.1. The van der Waals surface area contributed by atoms with Gasteiger partial charge in [-0.3, -0.25) is 9.59 Å². The van der Waals surface area contributed by atoms with Crippen LogP contribution in [0, 0.1) is 6.92 Å². The van der Waals surface area contributed by atoms with Gasteiger partial charge in [0.1, 0.15) is 16.8 Å². The highest BCUT2D eigenvalue weighted by atomic mass is 16.7. The monoisotopic (exact) mass is 493 g/mol. The molecule has 2 N–H and O–H groups in total. The normalized spacial score (nSPS) is 11.9. The number of fused-ring (bicyclic) bond motifs is 3. The summed E-state index contributed by atoms with van der Waals surface area (Å²) >= 11 is 0. The molecule has 1 aromatic carbocycles. The molecule has 1 aliphatic rings. The van der Waals surface area contributed by atoms with E-state index in [1.807, 2.05) is 20.8 Å². The van der Waals surface area contributed by atoms with Gasteiger partial charge in [-0.25, -0.2) is 14.6 Å². The standard InChI is InChI=1S/C13H11NO5.C12H12N2O3/c1-2-14-5-8(13(16)17)12(15)7-3-10-11(4-9(7)14)19-6-18-10;1-3-14-6-9(12(16)17)10(15)8-5-4-7(2)13-11(8)14/h3-5H,2,6H2,1H3,(H,16,17);4-6H,3H2,1-2H3,(H,16,17). The largest absolute Gasteiger partial charge is 0.477 e. The smallest absolute Gasteiger partial charge is 0.341 e. The van der Waals surface area contributed by atoms with Gasteiger partial charge in [0.15, 0.2) is 11.5 Å². The summed E-state index contributed by atoms with van der Waals surface area (Å²) in [6.07, 6.45) is 2.70. The first kappa shape index (κ1) is 24.5. The van der Waals surface area contributed by atoms with E-state index in [-0.39, 0.29) is 17.9 Å². The molecule has 0 aliphatic carbocycles. The Morgan fingerprint density at radius 2 is 1.44 bits per heavy atom. The molecule has 0 saturated carbocycles. The lowest BCUT2D eigenvalue weighted by molar-refractivity contribution is 0.0684. The summed E-state index contributed by atoms with van der Waals surface area (Å²) in [6.45, 7) is 6.80.